The van der Waals surface area contributed by atoms with Crippen LogP contribution < -0.4 is 0 Å². The molecule has 28 heavy (non-hydrogen) atoms. The predicted molar refractivity (Wildman–Crippen MR) is 103 cm³/mol. The van der Waals surface area contributed by atoms with Gasteiger partial charge in [-0.1, -0.05) is 88.4 Å². The van der Waals surface area contributed by atoms with E-state index < -0.39 is 28.9 Å². The fourth-order valence-corrected chi connectivity index (χ4v) is 2.36. The summed E-state index contributed by atoms with van der Waals surface area (Å²) in [7, 11) is 0. The lowest BCUT2D eigenvalue weighted by Gasteiger charge is -2.38. The van der Waals surface area contributed by atoms with Gasteiger partial charge in [0, 0.05) is 0 Å². The fraction of sp³-hybridized carbons (Fsp3) is 0.364. The van der Waals surface area contributed by atoms with E-state index in [1.807, 2.05) is 27.7 Å². The van der Waals surface area contributed by atoms with Gasteiger partial charge in [0.25, 0.3) is 0 Å². The van der Waals surface area contributed by atoms with E-state index in [9.17, 15) is 26.3 Å². The van der Waals surface area contributed by atoms with Gasteiger partial charge >= 0.3 is 12.4 Å². The lowest BCUT2D eigenvalue weighted by Crippen LogP contribution is -2.54. The van der Waals surface area contributed by atoms with Crippen molar-refractivity contribution in [3.63, 3.8) is 0 Å². The molecule has 0 aliphatic heterocycles. The van der Waals surface area contributed by atoms with Crippen molar-refractivity contribution in [1.29, 1.82) is 0 Å². The third-order valence-corrected chi connectivity index (χ3v) is 3.26. The van der Waals surface area contributed by atoms with Crippen LogP contribution in [0.2, 0.25) is 0 Å². The molecule has 0 saturated carbocycles. The van der Waals surface area contributed by atoms with Crippen LogP contribution >= 0.6 is 0 Å². The van der Waals surface area contributed by atoms with Crippen molar-refractivity contribution in [2.45, 2.75) is 52.4 Å². The van der Waals surface area contributed by atoms with Gasteiger partial charge in [0.2, 0.25) is 5.41 Å². The molecule has 0 atom stereocenters. The largest absolute Gasteiger partial charge is 0.411 e. The number of hydrogen-bond acceptors (Lipinski definition) is 0. The molecular weight excluding hydrogens is 378 g/mol. The van der Waals surface area contributed by atoms with E-state index in [1.54, 1.807) is 6.92 Å². The van der Waals surface area contributed by atoms with Gasteiger partial charge in [-0.3, -0.25) is 0 Å². The molecule has 0 aromatic heterocycles. The van der Waals surface area contributed by atoms with Gasteiger partial charge in [0.05, 0.1) is 0 Å². The molecule has 0 saturated heterocycles. The Kier molecular flexibility index (Phi) is 12.8. The molecular formula is C22H26F6. The van der Waals surface area contributed by atoms with Crippen molar-refractivity contribution < 1.29 is 26.3 Å². The maximum absolute atomic E-state index is 13.5. The highest BCUT2D eigenvalue weighted by Gasteiger charge is 2.72. The van der Waals surface area contributed by atoms with Crippen LogP contribution in [-0.4, -0.2) is 12.4 Å². The molecule has 0 unspecified atom stereocenters. The van der Waals surface area contributed by atoms with E-state index in [1.165, 1.54) is 12.1 Å². The minimum absolute atomic E-state index is 0.841. The molecule has 0 N–H and O–H groups in total. The Morgan fingerprint density at radius 3 is 1.00 bits per heavy atom. The SMILES string of the molecule is C#CC.CC.CC.FC(F)(F)C(c1ccccc1)(c1ccccc1)C(F)(F)F. The molecule has 0 fully saturated rings. The summed E-state index contributed by atoms with van der Waals surface area (Å²) in [5, 5.41) is 0. The van der Waals surface area contributed by atoms with E-state index in [0.29, 0.717) is 0 Å². The third-order valence-electron chi connectivity index (χ3n) is 3.26. The summed E-state index contributed by atoms with van der Waals surface area (Å²) in [6.07, 6.45) is -6.44. The van der Waals surface area contributed by atoms with Crippen LogP contribution in [0.4, 0.5) is 26.3 Å². The minimum Gasteiger partial charge on any atom is -0.169 e. The number of terminal acetylenes is 1. The quantitative estimate of drug-likeness (QED) is 0.354. The molecule has 2 rings (SSSR count). The summed E-state index contributed by atoms with van der Waals surface area (Å²) >= 11 is 0. The van der Waals surface area contributed by atoms with Crippen LogP contribution in [0.5, 0.6) is 0 Å². The topological polar surface area (TPSA) is 0 Å². The highest BCUT2D eigenvalue weighted by molar-refractivity contribution is 5.43. The summed E-state index contributed by atoms with van der Waals surface area (Å²) in [4.78, 5) is 0. The molecule has 0 nitrogen and oxygen atoms in total. The van der Waals surface area contributed by atoms with Crippen molar-refractivity contribution in [3.8, 4) is 12.3 Å². The minimum atomic E-state index is -5.52. The van der Waals surface area contributed by atoms with E-state index in [0.717, 1.165) is 48.5 Å². The molecule has 0 bridgehead atoms. The Morgan fingerprint density at radius 2 is 0.821 bits per heavy atom. The summed E-state index contributed by atoms with van der Waals surface area (Å²) < 4.78 is 81.1. The van der Waals surface area contributed by atoms with Gasteiger partial charge in [-0.05, 0) is 18.1 Å². The number of rotatable bonds is 2. The normalized spacial score (nSPS) is 10.6. The van der Waals surface area contributed by atoms with Gasteiger partial charge in [-0.15, -0.1) is 12.3 Å². The molecule has 0 aliphatic rings. The van der Waals surface area contributed by atoms with Crippen LogP contribution in [0.3, 0.4) is 0 Å². The molecule has 0 radical (unpaired) electrons. The summed E-state index contributed by atoms with van der Waals surface area (Å²) in [6, 6.07) is 10.7. The van der Waals surface area contributed by atoms with E-state index in [4.69, 9.17) is 0 Å². The Balaban J connectivity index is 0. The molecule has 0 heterocycles. The third kappa shape index (κ3) is 6.33. The Labute approximate surface area is 163 Å². The van der Waals surface area contributed by atoms with Crippen molar-refractivity contribution >= 4 is 0 Å². The van der Waals surface area contributed by atoms with E-state index in [-0.39, 0.29) is 0 Å². The number of alkyl halides is 6. The lowest BCUT2D eigenvalue weighted by molar-refractivity contribution is -0.288. The first-order valence-corrected chi connectivity index (χ1v) is 8.74. The fourth-order valence-electron chi connectivity index (χ4n) is 2.36. The monoisotopic (exact) mass is 404 g/mol. The Morgan fingerprint density at radius 1 is 0.607 bits per heavy atom. The highest BCUT2D eigenvalue weighted by Crippen LogP contribution is 2.55. The number of benzene rings is 2. The van der Waals surface area contributed by atoms with Crippen LogP contribution in [0.25, 0.3) is 0 Å². The van der Waals surface area contributed by atoms with Gasteiger partial charge in [0.1, 0.15) is 0 Å². The summed E-state index contributed by atoms with van der Waals surface area (Å²) in [6.45, 7) is 9.65. The maximum atomic E-state index is 13.5. The van der Waals surface area contributed by atoms with Crippen molar-refractivity contribution in [3.05, 3.63) is 71.8 Å². The Bertz CT molecular complexity index is 609. The van der Waals surface area contributed by atoms with Crippen molar-refractivity contribution in [2.75, 3.05) is 0 Å². The average Bonchev–Trinajstić information content (AvgIpc) is 2.66. The molecule has 0 spiro atoms. The molecule has 6 heteroatoms. The second-order valence-corrected chi connectivity index (χ2v) is 4.77. The van der Waals surface area contributed by atoms with Gasteiger partial charge < -0.3 is 0 Å². The van der Waals surface area contributed by atoms with Crippen LogP contribution in [0.1, 0.15) is 45.7 Å². The number of halogens is 6. The second kappa shape index (κ2) is 12.9. The summed E-state index contributed by atoms with van der Waals surface area (Å²) in [5.74, 6) is 2.25. The zero-order chi connectivity index (χ0) is 22.4. The molecule has 0 amide bonds. The maximum Gasteiger partial charge on any atom is 0.411 e. The van der Waals surface area contributed by atoms with Crippen molar-refractivity contribution in [1.82, 2.24) is 0 Å². The number of hydrogen-bond donors (Lipinski definition) is 0. The van der Waals surface area contributed by atoms with Crippen LogP contribution in [0.15, 0.2) is 60.7 Å². The van der Waals surface area contributed by atoms with Gasteiger partial charge in [-0.25, -0.2) is 0 Å². The zero-order valence-corrected chi connectivity index (χ0v) is 16.6. The zero-order valence-electron chi connectivity index (χ0n) is 16.6. The van der Waals surface area contributed by atoms with E-state index >= 15 is 0 Å². The first-order valence-electron chi connectivity index (χ1n) is 8.74. The average molecular weight is 404 g/mol. The summed E-state index contributed by atoms with van der Waals surface area (Å²) in [5.41, 5.74) is -5.74. The highest BCUT2D eigenvalue weighted by atomic mass is 19.4. The molecule has 156 valence electrons. The molecule has 2 aromatic rings. The molecule has 0 aliphatic carbocycles. The first-order chi connectivity index (χ1) is 13.1. The second-order valence-electron chi connectivity index (χ2n) is 4.77. The standard InChI is InChI=1S/C15H10F6.C3H4.2C2H6/c16-14(17,18)13(15(19,20)21,11-7-3-1-4-8-11)12-9-5-2-6-10-12;1-3-2;2*1-2/h1-10H;1H,2H3;2*1-2H3. The van der Waals surface area contributed by atoms with E-state index in [2.05, 4.69) is 12.3 Å². The lowest BCUT2D eigenvalue weighted by atomic mass is 9.73. The molecule has 2 aromatic carbocycles. The van der Waals surface area contributed by atoms with Gasteiger partial charge in [-0.2, -0.15) is 26.3 Å². The van der Waals surface area contributed by atoms with Gasteiger partial charge in [0.15, 0.2) is 0 Å². The van der Waals surface area contributed by atoms with Crippen molar-refractivity contribution in [2.24, 2.45) is 0 Å². The van der Waals surface area contributed by atoms with Crippen LogP contribution in [-0.2, 0) is 5.41 Å². The first kappa shape index (κ1) is 27.8. The smallest absolute Gasteiger partial charge is 0.169 e. The predicted octanol–water partition coefficient (Wildman–Crippen LogP) is 7.79. The Hall–Kier alpha value is -2.42. The van der Waals surface area contributed by atoms with Crippen LogP contribution in [0, 0.1) is 12.3 Å².